The molecule has 0 atom stereocenters. The van der Waals surface area contributed by atoms with Gasteiger partial charge in [-0.2, -0.15) is 0 Å². The van der Waals surface area contributed by atoms with Gasteiger partial charge in [-0.1, -0.05) is 12.8 Å². The molecule has 0 radical (unpaired) electrons. The van der Waals surface area contributed by atoms with E-state index < -0.39 is 0 Å². The summed E-state index contributed by atoms with van der Waals surface area (Å²) in [7, 11) is 2.11. The van der Waals surface area contributed by atoms with Gasteiger partial charge in [0.15, 0.2) is 0 Å². The van der Waals surface area contributed by atoms with Gasteiger partial charge in [-0.25, -0.2) is 0 Å². The van der Waals surface area contributed by atoms with Gasteiger partial charge >= 0.3 is 0 Å². The van der Waals surface area contributed by atoms with Crippen LogP contribution in [0.5, 0.6) is 0 Å². The van der Waals surface area contributed by atoms with Gasteiger partial charge in [0.2, 0.25) is 0 Å². The molecule has 2 rings (SSSR count). The molecule has 1 aliphatic carbocycles. The van der Waals surface area contributed by atoms with Crippen LogP contribution in [-0.4, -0.2) is 37.6 Å². The molecule has 1 saturated carbocycles. The molecular formula is C14H28N2. The molecule has 1 saturated heterocycles. The number of nitrogens with one attached hydrogen (secondary N) is 1. The summed E-state index contributed by atoms with van der Waals surface area (Å²) in [6, 6.07) is 0.806. The van der Waals surface area contributed by atoms with E-state index in [2.05, 4.69) is 17.3 Å². The van der Waals surface area contributed by atoms with Crippen LogP contribution in [-0.2, 0) is 0 Å². The summed E-state index contributed by atoms with van der Waals surface area (Å²) in [4.78, 5) is 2.73. The molecule has 2 heteroatoms. The normalized spacial score (nSPS) is 33.6. The third-order valence-corrected chi connectivity index (χ3v) is 4.47. The Morgan fingerprint density at radius 2 is 1.56 bits per heavy atom. The largest absolute Gasteiger partial charge is 0.317 e. The van der Waals surface area contributed by atoms with Crippen molar-refractivity contribution in [3.8, 4) is 0 Å². The van der Waals surface area contributed by atoms with Crippen LogP contribution in [0.15, 0.2) is 0 Å². The minimum atomic E-state index is 0.806. The Labute approximate surface area is 101 Å². The first-order valence-electron chi connectivity index (χ1n) is 7.28. The van der Waals surface area contributed by atoms with Gasteiger partial charge in [-0.05, 0) is 64.6 Å². The van der Waals surface area contributed by atoms with Crippen LogP contribution in [0.2, 0.25) is 0 Å². The Balaban J connectivity index is 1.69. The third kappa shape index (κ3) is 3.74. The van der Waals surface area contributed by atoms with E-state index >= 15 is 0 Å². The summed E-state index contributed by atoms with van der Waals surface area (Å²) in [5, 5.41) is 3.42. The molecule has 0 bridgehead atoms. The molecule has 2 nitrogen and oxygen atoms in total. The van der Waals surface area contributed by atoms with Crippen molar-refractivity contribution < 1.29 is 0 Å². The second-order valence-electron chi connectivity index (χ2n) is 5.72. The highest BCUT2D eigenvalue weighted by atomic mass is 15.1. The topological polar surface area (TPSA) is 15.3 Å². The van der Waals surface area contributed by atoms with Crippen LogP contribution in [0.4, 0.5) is 0 Å². The highest BCUT2D eigenvalue weighted by Gasteiger charge is 2.22. The highest BCUT2D eigenvalue weighted by Crippen LogP contribution is 2.25. The van der Waals surface area contributed by atoms with Gasteiger partial charge in [-0.3, -0.25) is 0 Å². The second-order valence-corrected chi connectivity index (χ2v) is 5.72. The maximum Gasteiger partial charge on any atom is 0.00642 e. The van der Waals surface area contributed by atoms with E-state index in [1.807, 2.05) is 0 Å². The van der Waals surface area contributed by atoms with Crippen molar-refractivity contribution in [2.75, 3.05) is 26.7 Å². The quantitative estimate of drug-likeness (QED) is 0.793. The van der Waals surface area contributed by atoms with E-state index in [1.54, 1.807) is 0 Å². The number of nitrogens with zero attached hydrogens (tertiary/aromatic N) is 1. The molecule has 0 amide bonds. The molecule has 16 heavy (non-hydrogen) atoms. The molecule has 0 aromatic rings. The monoisotopic (exact) mass is 224 g/mol. The maximum absolute atomic E-state index is 3.42. The Bertz CT molecular complexity index is 177. The molecule has 1 aliphatic heterocycles. The zero-order valence-electron chi connectivity index (χ0n) is 10.9. The van der Waals surface area contributed by atoms with Gasteiger partial charge in [0.05, 0.1) is 0 Å². The minimum Gasteiger partial charge on any atom is -0.317 e. The smallest absolute Gasteiger partial charge is 0.00642 e. The molecule has 0 spiro atoms. The van der Waals surface area contributed by atoms with E-state index in [0.717, 1.165) is 12.0 Å². The molecular weight excluding hydrogens is 196 g/mol. The first kappa shape index (κ1) is 12.4. The molecule has 0 aromatic heterocycles. The SMILES string of the molecule is CNC1CCC(CN2CCCCCC2)CC1. The summed E-state index contributed by atoms with van der Waals surface area (Å²) >= 11 is 0. The summed E-state index contributed by atoms with van der Waals surface area (Å²) in [6.45, 7) is 4.12. The lowest BCUT2D eigenvalue weighted by atomic mass is 9.86. The Hall–Kier alpha value is -0.0800. The number of hydrogen-bond donors (Lipinski definition) is 1. The summed E-state index contributed by atoms with van der Waals surface area (Å²) < 4.78 is 0. The predicted octanol–water partition coefficient (Wildman–Crippen LogP) is 2.64. The summed E-state index contributed by atoms with van der Waals surface area (Å²) in [6.07, 6.45) is 11.5. The van der Waals surface area contributed by atoms with Crippen molar-refractivity contribution >= 4 is 0 Å². The van der Waals surface area contributed by atoms with E-state index in [9.17, 15) is 0 Å². The van der Waals surface area contributed by atoms with E-state index in [4.69, 9.17) is 0 Å². The first-order chi connectivity index (χ1) is 7.88. The fourth-order valence-electron chi connectivity index (χ4n) is 3.32. The molecule has 2 aliphatic rings. The average Bonchev–Trinajstić information content (AvgIpc) is 2.59. The molecule has 2 fully saturated rings. The Morgan fingerprint density at radius 1 is 0.938 bits per heavy atom. The van der Waals surface area contributed by atoms with Crippen LogP contribution < -0.4 is 5.32 Å². The molecule has 0 aromatic carbocycles. The lowest BCUT2D eigenvalue weighted by Gasteiger charge is -2.32. The number of likely N-dealkylation sites (tertiary alicyclic amines) is 1. The van der Waals surface area contributed by atoms with Crippen molar-refractivity contribution in [2.45, 2.75) is 57.4 Å². The number of rotatable bonds is 3. The third-order valence-electron chi connectivity index (χ3n) is 4.47. The number of hydrogen-bond acceptors (Lipinski definition) is 2. The van der Waals surface area contributed by atoms with Gasteiger partial charge in [0.1, 0.15) is 0 Å². The summed E-state index contributed by atoms with van der Waals surface area (Å²) in [5.74, 6) is 0.989. The van der Waals surface area contributed by atoms with E-state index in [-0.39, 0.29) is 0 Å². The van der Waals surface area contributed by atoms with Gasteiger partial charge in [0.25, 0.3) is 0 Å². The lowest BCUT2D eigenvalue weighted by molar-refractivity contribution is 0.194. The van der Waals surface area contributed by atoms with E-state index in [0.29, 0.717) is 0 Å². The standard InChI is InChI=1S/C14H28N2/c1-15-14-8-6-13(7-9-14)12-16-10-4-2-3-5-11-16/h13-15H,2-12H2,1H3. The van der Waals surface area contributed by atoms with Gasteiger partial charge in [-0.15, -0.1) is 0 Å². The van der Waals surface area contributed by atoms with Gasteiger partial charge < -0.3 is 10.2 Å². The fraction of sp³-hybridized carbons (Fsp3) is 1.00. The maximum atomic E-state index is 3.42. The zero-order chi connectivity index (χ0) is 11.2. The van der Waals surface area contributed by atoms with Crippen LogP contribution in [0.1, 0.15) is 51.4 Å². The lowest BCUT2D eigenvalue weighted by Crippen LogP contribution is -2.36. The average molecular weight is 224 g/mol. The molecule has 1 heterocycles. The van der Waals surface area contributed by atoms with Crippen molar-refractivity contribution in [2.24, 2.45) is 5.92 Å². The fourth-order valence-corrected chi connectivity index (χ4v) is 3.32. The van der Waals surface area contributed by atoms with Gasteiger partial charge in [0, 0.05) is 12.6 Å². The van der Waals surface area contributed by atoms with Crippen molar-refractivity contribution in [3.05, 3.63) is 0 Å². The predicted molar refractivity (Wildman–Crippen MR) is 69.7 cm³/mol. The first-order valence-corrected chi connectivity index (χ1v) is 7.28. The highest BCUT2D eigenvalue weighted by molar-refractivity contribution is 4.78. The van der Waals surface area contributed by atoms with Crippen molar-refractivity contribution in [3.63, 3.8) is 0 Å². The van der Waals surface area contributed by atoms with Crippen LogP contribution in [0, 0.1) is 5.92 Å². The second kappa shape index (κ2) is 6.61. The minimum absolute atomic E-state index is 0.806. The molecule has 94 valence electrons. The van der Waals surface area contributed by atoms with Crippen molar-refractivity contribution in [1.82, 2.24) is 10.2 Å². The molecule has 1 N–H and O–H groups in total. The summed E-state index contributed by atoms with van der Waals surface area (Å²) in [5.41, 5.74) is 0. The van der Waals surface area contributed by atoms with Crippen molar-refractivity contribution in [1.29, 1.82) is 0 Å². The Morgan fingerprint density at radius 3 is 2.12 bits per heavy atom. The zero-order valence-corrected chi connectivity index (χ0v) is 10.9. The van der Waals surface area contributed by atoms with Crippen LogP contribution in [0.3, 0.4) is 0 Å². The Kier molecular flexibility index (Phi) is 5.11. The van der Waals surface area contributed by atoms with Crippen LogP contribution >= 0.6 is 0 Å². The van der Waals surface area contributed by atoms with Crippen LogP contribution in [0.25, 0.3) is 0 Å². The molecule has 0 unspecified atom stereocenters. The van der Waals surface area contributed by atoms with E-state index in [1.165, 1.54) is 71.0 Å².